The first-order chi connectivity index (χ1) is 14.1. The van der Waals surface area contributed by atoms with E-state index in [4.69, 9.17) is 4.52 Å². The first kappa shape index (κ1) is 19.5. The summed E-state index contributed by atoms with van der Waals surface area (Å²) in [6, 6.07) is 9.98. The Morgan fingerprint density at radius 2 is 1.97 bits per heavy atom. The van der Waals surface area contributed by atoms with Gasteiger partial charge in [0.2, 0.25) is 0 Å². The standard InChI is InChI=1S/C21H20N4O2S2/c1-3-17-24-20(27-25-17)15-6-4-14(5-7-15)8-10-22-19(26)18-13(2)23-21(29-18)16-9-11-28-12-16/h4-7,9,11-12H,3,8,10H2,1-2H3,(H,22,26). The lowest BCUT2D eigenvalue weighted by molar-refractivity contribution is 0.0957. The molecule has 4 rings (SSSR count). The maximum absolute atomic E-state index is 12.5. The molecular weight excluding hydrogens is 404 g/mol. The van der Waals surface area contributed by atoms with Gasteiger partial charge in [-0.3, -0.25) is 4.79 Å². The number of amides is 1. The van der Waals surface area contributed by atoms with Crippen LogP contribution < -0.4 is 5.32 Å². The average molecular weight is 425 g/mol. The van der Waals surface area contributed by atoms with Crippen LogP contribution in [0.3, 0.4) is 0 Å². The third kappa shape index (κ3) is 4.44. The largest absolute Gasteiger partial charge is 0.351 e. The zero-order valence-electron chi connectivity index (χ0n) is 16.1. The molecule has 0 unspecified atom stereocenters. The van der Waals surface area contributed by atoms with Gasteiger partial charge in [0.05, 0.1) is 5.69 Å². The quantitative estimate of drug-likeness (QED) is 0.462. The third-order valence-electron chi connectivity index (χ3n) is 4.46. The van der Waals surface area contributed by atoms with E-state index in [-0.39, 0.29) is 5.91 Å². The number of aromatic nitrogens is 3. The summed E-state index contributed by atoms with van der Waals surface area (Å²) < 4.78 is 5.26. The van der Waals surface area contributed by atoms with Crippen LogP contribution >= 0.6 is 22.7 Å². The molecule has 0 aliphatic rings. The van der Waals surface area contributed by atoms with E-state index in [0.717, 1.165) is 40.2 Å². The van der Waals surface area contributed by atoms with Crippen LogP contribution in [-0.4, -0.2) is 27.6 Å². The summed E-state index contributed by atoms with van der Waals surface area (Å²) in [5, 5.41) is 11.9. The van der Waals surface area contributed by atoms with E-state index < -0.39 is 0 Å². The number of nitrogens with one attached hydrogen (secondary N) is 1. The first-order valence-electron chi connectivity index (χ1n) is 9.34. The average Bonchev–Trinajstić information content (AvgIpc) is 3.49. The van der Waals surface area contributed by atoms with Crippen molar-refractivity contribution in [3.63, 3.8) is 0 Å². The van der Waals surface area contributed by atoms with Gasteiger partial charge >= 0.3 is 0 Å². The Balaban J connectivity index is 1.33. The molecule has 0 saturated heterocycles. The van der Waals surface area contributed by atoms with E-state index in [1.807, 2.05) is 54.9 Å². The molecule has 0 aliphatic heterocycles. The van der Waals surface area contributed by atoms with Crippen molar-refractivity contribution in [2.24, 2.45) is 0 Å². The van der Waals surface area contributed by atoms with Crippen LogP contribution in [0, 0.1) is 6.92 Å². The number of hydrogen-bond acceptors (Lipinski definition) is 7. The number of aryl methyl sites for hydroxylation is 2. The summed E-state index contributed by atoms with van der Waals surface area (Å²) in [4.78, 5) is 22.1. The number of thiophene rings is 1. The first-order valence-corrected chi connectivity index (χ1v) is 11.1. The van der Waals surface area contributed by atoms with Crippen molar-refractivity contribution in [2.45, 2.75) is 26.7 Å². The molecule has 29 heavy (non-hydrogen) atoms. The molecule has 0 saturated carbocycles. The number of carbonyl (C=O) groups excluding carboxylic acids is 1. The van der Waals surface area contributed by atoms with E-state index in [9.17, 15) is 4.79 Å². The molecule has 0 radical (unpaired) electrons. The molecule has 3 heterocycles. The van der Waals surface area contributed by atoms with Crippen LogP contribution in [-0.2, 0) is 12.8 Å². The van der Waals surface area contributed by atoms with E-state index in [1.54, 1.807) is 11.3 Å². The Bertz CT molecular complexity index is 1100. The van der Waals surface area contributed by atoms with E-state index in [2.05, 4.69) is 20.4 Å². The fourth-order valence-corrected chi connectivity index (χ4v) is 4.54. The number of benzene rings is 1. The second-order valence-electron chi connectivity index (χ2n) is 6.52. The summed E-state index contributed by atoms with van der Waals surface area (Å²) in [6.45, 7) is 4.42. The number of rotatable bonds is 7. The van der Waals surface area contributed by atoms with Crippen LogP contribution in [0.1, 0.15) is 33.7 Å². The Kier molecular flexibility index (Phi) is 5.82. The zero-order valence-corrected chi connectivity index (χ0v) is 17.8. The minimum absolute atomic E-state index is 0.0731. The van der Waals surface area contributed by atoms with Gasteiger partial charge in [0.25, 0.3) is 11.8 Å². The van der Waals surface area contributed by atoms with Gasteiger partial charge in [-0.15, -0.1) is 11.3 Å². The number of thiazole rings is 1. The summed E-state index contributed by atoms with van der Waals surface area (Å²) in [5.41, 5.74) is 3.86. The predicted molar refractivity (Wildman–Crippen MR) is 115 cm³/mol. The third-order valence-corrected chi connectivity index (χ3v) is 6.34. The maximum Gasteiger partial charge on any atom is 0.263 e. The zero-order chi connectivity index (χ0) is 20.2. The molecule has 0 atom stereocenters. The number of carbonyl (C=O) groups is 1. The fraction of sp³-hybridized carbons (Fsp3) is 0.238. The molecule has 1 N–H and O–H groups in total. The highest BCUT2D eigenvalue weighted by atomic mass is 32.1. The van der Waals surface area contributed by atoms with Crippen molar-refractivity contribution in [1.82, 2.24) is 20.4 Å². The SMILES string of the molecule is CCc1noc(-c2ccc(CCNC(=O)c3sc(-c4ccsc4)nc3C)cc2)n1. The Labute approximate surface area is 176 Å². The Morgan fingerprint density at radius 1 is 1.14 bits per heavy atom. The number of nitrogens with zero attached hydrogens (tertiary/aromatic N) is 3. The van der Waals surface area contributed by atoms with Crippen molar-refractivity contribution in [3.05, 3.63) is 63.1 Å². The van der Waals surface area contributed by atoms with Gasteiger partial charge in [0, 0.05) is 29.5 Å². The van der Waals surface area contributed by atoms with Crippen molar-refractivity contribution < 1.29 is 9.32 Å². The monoisotopic (exact) mass is 424 g/mol. The molecule has 0 fully saturated rings. The van der Waals surface area contributed by atoms with Crippen molar-refractivity contribution in [2.75, 3.05) is 6.54 Å². The second kappa shape index (κ2) is 8.67. The molecule has 8 heteroatoms. The van der Waals surface area contributed by atoms with Crippen LogP contribution in [0.5, 0.6) is 0 Å². The predicted octanol–water partition coefficient (Wildman–Crippen LogP) is 4.76. The molecule has 4 aromatic rings. The fourth-order valence-electron chi connectivity index (χ4n) is 2.85. The van der Waals surface area contributed by atoms with Crippen LogP contribution in [0.15, 0.2) is 45.6 Å². The lowest BCUT2D eigenvalue weighted by atomic mass is 10.1. The second-order valence-corrected chi connectivity index (χ2v) is 8.30. The van der Waals surface area contributed by atoms with E-state index in [0.29, 0.717) is 23.1 Å². The molecule has 0 spiro atoms. The highest BCUT2D eigenvalue weighted by Crippen LogP contribution is 2.29. The molecule has 6 nitrogen and oxygen atoms in total. The van der Waals surface area contributed by atoms with Crippen molar-refractivity contribution in [1.29, 1.82) is 0 Å². The van der Waals surface area contributed by atoms with Crippen LogP contribution in [0.4, 0.5) is 0 Å². The molecule has 148 valence electrons. The van der Waals surface area contributed by atoms with Crippen LogP contribution in [0.25, 0.3) is 22.0 Å². The van der Waals surface area contributed by atoms with Gasteiger partial charge in [-0.1, -0.05) is 24.2 Å². The van der Waals surface area contributed by atoms with Crippen molar-refractivity contribution in [3.8, 4) is 22.0 Å². The molecule has 1 amide bonds. The van der Waals surface area contributed by atoms with Gasteiger partial charge in [0.15, 0.2) is 5.82 Å². The molecule has 0 bridgehead atoms. The summed E-state index contributed by atoms with van der Waals surface area (Å²) in [7, 11) is 0. The van der Waals surface area contributed by atoms with Crippen LogP contribution in [0.2, 0.25) is 0 Å². The Morgan fingerprint density at radius 3 is 2.66 bits per heavy atom. The van der Waals surface area contributed by atoms with Gasteiger partial charge in [-0.2, -0.15) is 16.3 Å². The summed E-state index contributed by atoms with van der Waals surface area (Å²) in [5.74, 6) is 1.16. The summed E-state index contributed by atoms with van der Waals surface area (Å²) >= 11 is 3.06. The van der Waals surface area contributed by atoms with Gasteiger partial charge in [0.1, 0.15) is 9.88 Å². The molecular formula is C21H20N4O2S2. The van der Waals surface area contributed by atoms with Gasteiger partial charge in [-0.05, 0) is 42.5 Å². The smallest absolute Gasteiger partial charge is 0.263 e. The minimum atomic E-state index is -0.0731. The lowest BCUT2D eigenvalue weighted by Crippen LogP contribution is -2.25. The molecule has 3 aromatic heterocycles. The molecule has 1 aromatic carbocycles. The highest BCUT2D eigenvalue weighted by Gasteiger charge is 2.16. The lowest BCUT2D eigenvalue weighted by Gasteiger charge is -2.05. The van der Waals surface area contributed by atoms with Crippen molar-refractivity contribution >= 4 is 28.6 Å². The Hall–Kier alpha value is -2.84. The summed E-state index contributed by atoms with van der Waals surface area (Å²) in [6.07, 6.45) is 1.49. The highest BCUT2D eigenvalue weighted by molar-refractivity contribution is 7.17. The van der Waals surface area contributed by atoms with E-state index >= 15 is 0 Å². The maximum atomic E-state index is 12.5. The topological polar surface area (TPSA) is 80.9 Å². The molecule has 0 aliphatic carbocycles. The van der Waals surface area contributed by atoms with Gasteiger partial charge < -0.3 is 9.84 Å². The number of hydrogen-bond donors (Lipinski definition) is 1. The van der Waals surface area contributed by atoms with Gasteiger partial charge in [-0.25, -0.2) is 4.98 Å². The van der Waals surface area contributed by atoms with E-state index in [1.165, 1.54) is 11.3 Å². The normalized spacial score (nSPS) is 11.0. The minimum Gasteiger partial charge on any atom is -0.351 e.